The second kappa shape index (κ2) is 8.21. The van der Waals surface area contributed by atoms with Crippen molar-refractivity contribution < 1.29 is 4.74 Å². The Labute approximate surface area is 115 Å². The van der Waals surface area contributed by atoms with E-state index in [0.717, 1.165) is 35.4 Å². The topological polar surface area (TPSA) is 9.23 Å². The number of rotatable bonds is 7. The van der Waals surface area contributed by atoms with Gasteiger partial charge in [0.25, 0.3) is 0 Å². The number of unbranched alkanes of at least 4 members (excludes halogenated alkanes) is 3. The van der Waals surface area contributed by atoms with Crippen LogP contribution in [0.25, 0.3) is 0 Å². The first-order chi connectivity index (χ1) is 7.74. The Morgan fingerprint density at radius 2 is 1.88 bits per heavy atom. The lowest BCUT2D eigenvalue weighted by molar-refractivity contribution is 0.305. The smallest absolute Gasteiger partial charge is 0.139 e. The summed E-state index contributed by atoms with van der Waals surface area (Å²) >= 11 is 15.0. The highest BCUT2D eigenvalue weighted by molar-refractivity contribution is 9.10. The molecule has 4 heteroatoms. The fourth-order valence-corrected chi connectivity index (χ4v) is 2.02. The highest BCUT2D eigenvalue weighted by Crippen LogP contribution is 2.28. The Balaban J connectivity index is 2.23. The molecule has 1 aromatic carbocycles. The molecule has 0 aromatic heterocycles. The van der Waals surface area contributed by atoms with Crippen molar-refractivity contribution >= 4 is 39.1 Å². The van der Waals surface area contributed by atoms with E-state index in [1.165, 1.54) is 6.42 Å². The van der Waals surface area contributed by atoms with E-state index in [1.54, 1.807) is 0 Å². The van der Waals surface area contributed by atoms with Gasteiger partial charge in [0.15, 0.2) is 0 Å². The number of benzene rings is 1. The fourth-order valence-electron chi connectivity index (χ4n) is 1.32. The first-order valence-corrected chi connectivity index (χ1v) is 7.08. The normalized spacial score (nSPS) is 10.4. The predicted molar refractivity (Wildman–Crippen MR) is 73.8 cm³/mol. The minimum Gasteiger partial charge on any atom is -0.492 e. The molecule has 0 bridgehead atoms. The Morgan fingerprint density at radius 3 is 2.62 bits per heavy atom. The van der Waals surface area contributed by atoms with Gasteiger partial charge in [0, 0.05) is 10.4 Å². The molecule has 0 N–H and O–H groups in total. The van der Waals surface area contributed by atoms with Gasteiger partial charge in [-0.3, -0.25) is 0 Å². The number of ether oxygens (including phenoxy) is 1. The van der Waals surface area contributed by atoms with E-state index in [2.05, 4.69) is 15.9 Å². The molecular weight excluding hydrogens is 311 g/mol. The van der Waals surface area contributed by atoms with Crippen LogP contribution in [0.15, 0.2) is 22.7 Å². The van der Waals surface area contributed by atoms with Crippen LogP contribution in [0.1, 0.15) is 25.7 Å². The number of hydrogen-bond donors (Lipinski definition) is 0. The Bertz CT molecular complexity index is 318. The van der Waals surface area contributed by atoms with Crippen molar-refractivity contribution in [1.29, 1.82) is 0 Å². The lowest BCUT2D eigenvalue weighted by Gasteiger charge is -2.08. The van der Waals surface area contributed by atoms with E-state index in [9.17, 15) is 0 Å². The van der Waals surface area contributed by atoms with Crippen molar-refractivity contribution in [3.05, 3.63) is 27.7 Å². The molecule has 0 radical (unpaired) electrons. The van der Waals surface area contributed by atoms with Gasteiger partial charge in [0.1, 0.15) is 5.75 Å². The van der Waals surface area contributed by atoms with Gasteiger partial charge < -0.3 is 4.74 Å². The first kappa shape index (κ1) is 14.1. The van der Waals surface area contributed by atoms with Crippen molar-refractivity contribution in [2.45, 2.75) is 25.7 Å². The maximum atomic E-state index is 6.00. The number of hydrogen-bond acceptors (Lipinski definition) is 1. The molecule has 1 nitrogen and oxygen atoms in total. The third-order valence-electron chi connectivity index (χ3n) is 2.18. The highest BCUT2D eigenvalue weighted by atomic mass is 79.9. The van der Waals surface area contributed by atoms with Crippen molar-refractivity contribution in [3.63, 3.8) is 0 Å². The Hall–Kier alpha value is 0.0800. The average molecular weight is 326 g/mol. The van der Waals surface area contributed by atoms with Crippen LogP contribution in [-0.4, -0.2) is 12.5 Å². The van der Waals surface area contributed by atoms with Crippen LogP contribution in [-0.2, 0) is 0 Å². The molecule has 1 rings (SSSR count). The number of halogens is 3. The monoisotopic (exact) mass is 324 g/mol. The molecule has 0 aliphatic rings. The van der Waals surface area contributed by atoms with E-state index in [1.807, 2.05) is 18.2 Å². The summed E-state index contributed by atoms with van der Waals surface area (Å²) in [5, 5.41) is 0.656. The zero-order valence-corrected chi connectivity index (χ0v) is 12.1. The van der Waals surface area contributed by atoms with E-state index >= 15 is 0 Å². The lowest BCUT2D eigenvalue weighted by Crippen LogP contribution is -1.98. The highest BCUT2D eigenvalue weighted by Gasteiger charge is 2.01. The molecule has 0 spiro atoms. The van der Waals surface area contributed by atoms with Crippen molar-refractivity contribution in [1.82, 2.24) is 0 Å². The summed E-state index contributed by atoms with van der Waals surface area (Å²) in [5.74, 6) is 1.49. The lowest BCUT2D eigenvalue weighted by atomic mass is 10.2. The number of alkyl halides is 1. The molecule has 90 valence electrons. The molecule has 0 atom stereocenters. The second-order valence-corrected chi connectivity index (χ2v) is 5.23. The van der Waals surface area contributed by atoms with Gasteiger partial charge in [-0.25, -0.2) is 0 Å². The van der Waals surface area contributed by atoms with E-state index < -0.39 is 0 Å². The maximum absolute atomic E-state index is 6.00. The predicted octanol–water partition coefficient (Wildman–Crippen LogP) is 5.28. The first-order valence-electron chi connectivity index (χ1n) is 5.38. The Kier molecular flexibility index (Phi) is 7.26. The van der Waals surface area contributed by atoms with E-state index in [0.29, 0.717) is 11.6 Å². The minimum atomic E-state index is 0.656. The summed E-state index contributed by atoms with van der Waals surface area (Å²) in [5.41, 5.74) is 0. The molecule has 0 heterocycles. The maximum Gasteiger partial charge on any atom is 0.139 e. The van der Waals surface area contributed by atoms with Crippen LogP contribution < -0.4 is 4.74 Å². The van der Waals surface area contributed by atoms with Gasteiger partial charge in [-0.1, -0.05) is 40.4 Å². The van der Waals surface area contributed by atoms with Crippen LogP contribution in [0.5, 0.6) is 5.75 Å². The van der Waals surface area contributed by atoms with Gasteiger partial charge in [-0.15, -0.1) is 11.6 Å². The minimum absolute atomic E-state index is 0.656. The standard InChI is InChI=1S/C12H15BrCl2O/c13-10-5-6-11(15)12(9-10)16-8-4-2-1-3-7-14/h5-6,9H,1-4,7-8H2. The van der Waals surface area contributed by atoms with Crippen molar-refractivity contribution in [3.8, 4) is 5.75 Å². The average Bonchev–Trinajstić information content (AvgIpc) is 2.28. The van der Waals surface area contributed by atoms with Crippen molar-refractivity contribution in [2.24, 2.45) is 0 Å². The van der Waals surface area contributed by atoms with E-state index in [-0.39, 0.29) is 0 Å². The summed E-state index contributed by atoms with van der Waals surface area (Å²) in [6.07, 6.45) is 4.44. The largest absolute Gasteiger partial charge is 0.492 e. The van der Waals surface area contributed by atoms with Gasteiger partial charge >= 0.3 is 0 Å². The van der Waals surface area contributed by atoms with Crippen LogP contribution in [0, 0.1) is 0 Å². The summed E-state index contributed by atoms with van der Waals surface area (Å²) < 4.78 is 6.58. The molecule has 0 unspecified atom stereocenters. The molecule has 16 heavy (non-hydrogen) atoms. The zero-order valence-electron chi connectivity index (χ0n) is 9.02. The second-order valence-electron chi connectivity index (χ2n) is 3.53. The van der Waals surface area contributed by atoms with Gasteiger partial charge in [0.05, 0.1) is 11.6 Å². The molecular formula is C12H15BrCl2O. The van der Waals surface area contributed by atoms with Crippen LogP contribution in [0.4, 0.5) is 0 Å². The van der Waals surface area contributed by atoms with Crippen molar-refractivity contribution in [2.75, 3.05) is 12.5 Å². The molecule has 0 aliphatic carbocycles. The summed E-state index contributed by atoms with van der Waals surface area (Å²) in [7, 11) is 0. The van der Waals surface area contributed by atoms with Gasteiger partial charge in [0.2, 0.25) is 0 Å². The van der Waals surface area contributed by atoms with Crippen LogP contribution in [0.2, 0.25) is 5.02 Å². The van der Waals surface area contributed by atoms with Crippen LogP contribution in [0.3, 0.4) is 0 Å². The fraction of sp³-hybridized carbons (Fsp3) is 0.500. The summed E-state index contributed by atoms with van der Waals surface area (Å²) in [6, 6.07) is 5.62. The van der Waals surface area contributed by atoms with Gasteiger partial charge in [-0.05, 0) is 31.0 Å². The summed E-state index contributed by atoms with van der Waals surface area (Å²) in [4.78, 5) is 0. The van der Waals surface area contributed by atoms with E-state index in [4.69, 9.17) is 27.9 Å². The molecule has 0 saturated heterocycles. The van der Waals surface area contributed by atoms with Gasteiger partial charge in [-0.2, -0.15) is 0 Å². The molecule has 0 saturated carbocycles. The third-order valence-corrected chi connectivity index (χ3v) is 3.25. The zero-order chi connectivity index (χ0) is 11.8. The molecule has 1 aromatic rings. The summed E-state index contributed by atoms with van der Waals surface area (Å²) in [6.45, 7) is 0.707. The Morgan fingerprint density at radius 1 is 1.12 bits per heavy atom. The molecule has 0 fully saturated rings. The van der Waals surface area contributed by atoms with Crippen LogP contribution >= 0.6 is 39.1 Å². The quantitative estimate of drug-likeness (QED) is 0.489. The molecule has 0 amide bonds. The third kappa shape index (κ3) is 5.42. The SMILES string of the molecule is ClCCCCCCOc1cc(Br)ccc1Cl. The molecule has 0 aliphatic heterocycles.